The largest absolute Gasteiger partial charge is 0.345 e. The first kappa shape index (κ1) is 6.47. The number of hydrogen-bond acceptors (Lipinski definition) is 3. The minimum atomic E-state index is 0.680. The summed E-state index contributed by atoms with van der Waals surface area (Å²) in [6.07, 6.45) is 2.93. The highest BCUT2D eigenvalue weighted by molar-refractivity contribution is 5.54. The minimum absolute atomic E-state index is 0.680. The Morgan fingerprint density at radius 1 is 1.60 bits per heavy atom. The van der Waals surface area contributed by atoms with Crippen LogP contribution in [0.15, 0.2) is 33.7 Å². The van der Waals surface area contributed by atoms with Gasteiger partial charge in [0.2, 0.25) is 0 Å². The van der Waals surface area contributed by atoms with E-state index in [0.717, 1.165) is 0 Å². The zero-order chi connectivity index (χ0) is 7.23. The van der Waals surface area contributed by atoms with Gasteiger partial charge >= 0.3 is 0 Å². The van der Waals surface area contributed by atoms with Crippen LogP contribution in [0.4, 0.5) is 5.82 Å². The van der Waals surface area contributed by atoms with Gasteiger partial charge in [-0.2, -0.15) is 5.10 Å². The lowest BCUT2D eigenvalue weighted by Crippen LogP contribution is -1.76. The Morgan fingerprint density at radius 2 is 2.50 bits per heavy atom. The maximum absolute atomic E-state index is 4.77. The van der Waals surface area contributed by atoms with Gasteiger partial charge in [-0.05, 0) is 12.1 Å². The van der Waals surface area contributed by atoms with E-state index in [1.54, 1.807) is 12.3 Å². The first-order valence-electron chi connectivity index (χ1n) is 2.69. The maximum atomic E-state index is 4.77. The minimum Gasteiger partial charge on any atom is -0.345 e. The molecule has 52 valence electrons. The maximum Gasteiger partial charge on any atom is 0.157 e. The molecule has 0 radical (unpaired) electrons. The van der Waals surface area contributed by atoms with Crippen LogP contribution in [0.2, 0.25) is 0 Å². The van der Waals surface area contributed by atoms with Crippen molar-refractivity contribution in [1.82, 2.24) is 4.98 Å². The van der Waals surface area contributed by atoms with E-state index < -0.39 is 0 Å². The molecule has 1 aromatic rings. The summed E-state index contributed by atoms with van der Waals surface area (Å²) in [7, 11) is 0. The van der Waals surface area contributed by atoms with Crippen molar-refractivity contribution in [3.63, 3.8) is 0 Å². The molecule has 0 unspecified atom stereocenters. The summed E-state index contributed by atoms with van der Waals surface area (Å²) >= 11 is 0. The van der Waals surface area contributed by atoms with Crippen LogP contribution in [-0.2, 0) is 0 Å². The van der Waals surface area contributed by atoms with Gasteiger partial charge in [0.1, 0.15) is 0 Å². The van der Waals surface area contributed by atoms with Crippen molar-refractivity contribution < 1.29 is 0 Å². The second-order valence-corrected chi connectivity index (χ2v) is 1.54. The summed E-state index contributed by atoms with van der Waals surface area (Å²) in [5, 5.41) is 10.3. The van der Waals surface area contributed by atoms with Crippen LogP contribution in [0.1, 0.15) is 0 Å². The standard InChI is InChI=1S/C5H7N5/c6-8-4-9-10-5-2-1-3-7-5/h1-4,7H,6H2. The van der Waals surface area contributed by atoms with E-state index in [2.05, 4.69) is 20.3 Å². The smallest absolute Gasteiger partial charge is 0.157 e. The first-order chi connectivity index (χ1) is 4.93. The Hall–Kier alpha value is -1.65. The van der Waals surface area contributed by atoms with Gasteiger partial charge in [0.25, 0.3) is 0 Å². The molecule has 0 aliphatic heterocycles. The first-order valence-corrected chi connectivity index (χ1v) is 2.69. The molecule has 0 aromatic carbocycles. The molecular formula is C5H7N5. The molecular weight excluding hydrogens is 130 g/mol. The molecule has 0 fully saturated rings. The lowest BCUT2D eigenvalue weighted by Gasteiger charge is -1.77. The monoisotopic (exact) mass is 137 g/mol. The molecule has 0 aliphatic carbocycles. The molecule has 0 spiro atoms. The Labute approximate surface area is 57.7 Å². The SMILES string of the molecule is NN=CN=Nc1ccc[nH]1. The molecule has 0 bridgehead atoms. The van der Waals surface area contributed by atoms with Crippen molar-refractivity contribution in [2.24, 2.45) is 21.2 Å². The predicted molar refractivity (Wildman–Crippen MR) is 38.0 cm³/mol. The molecule has 0 aliphatic rings. The third-order valence-electron chi connectivity index (χ3n) is 0.865. The second kappa shape index (κ2) is 3.39. The highest BCUT2D eigenvalue weighted by Gasteiger charge is 1.82. The molecule has 3 N–H and O–H groups in total. The van der Waals surface area contributed by atoms with Gasteiger partial charge in [-0.15, -0.1) is 10.2 Å². The molecule has 1 heterocycles. The quantitative estimate of drug-likeness (QED) is 0.206. The number of nitrogens with two attached hydrogens (primary N) is 1. The van der Waals surface area contributed by atoms with E-state index in [1.165, 1.54) is 6.34 Å². The predicted octanol–water partition coefficient (Wildman–Crippen LogP) is 1.00. The number of hydrazone groups is 1. The van der Waals surface area contributed by atoms with E-state index in [-0.39, 0.29) is 0 Å². The summed E-state index contributed by atoms with van der Waals surface area (Å²) < 4.78 is 0. The van der Waals surface area contributed by atoms with Gasteiger partial charge in [-0.3, -0.25) is 0 Å². The summed E-state index contributed by atoms with van der Waals surface area (Å²) in [6, 6.07) is 3.61. The van der Waals surface area contributed by atoms with Gasteiger partial charge in [0.15, 0.2) is 12.2 Å². The Morgan fingerprint density at radius 3 is 3.10 bits per heavy atom. The van der Waals surface area contributed by atoms with E-state index in [9.17, 15) is 0 Å². The Kier molecular flexibility index (Phi) is 2.19. The molecule has 0 amide bonds. The zero-order valence-corrected chi connectivity index (χ0v) is 5.23. The van der Waals surface area contributed by atoms with Gasteiger partial charge in [-0.25, -0.2) is 0 Å². The molecule has 1 aromatic heterocycles. The number of aromatic nitrogens is 1. The molecule has 0 atom stereocenters. The van der Waals surface area contributed by atoms with Crippen LogP contribution in [-0.4, -0.2) is 11.3 Å². The van der Waals surface area contributed by atoms with Crippen molar-refractivity contribution in [2.75, 3.05) is 0 Å². The number of H-pyrrole nitrogens is 1. The van der Waals surface area contributed by atoms with Crippen LogP contribution >= 0.6 is 0 Å². The average molecular weight is 137 g/mol. The fourth-order valence-corrected chi connectivity index (χ4v) is 0.501. The number of hydrogen-bond donors (Lipinski definition) is 2. The van der Waals surface area contributed by atoms with Crippen molar-refractivity contribution in [2.45, 2.75) is 0 Å². The summed E-state index contributed by atoms with van der Waals surface area (Å²) in [4.78, 5) is 2.83. The van der Waals surface area contributed by atoms with Crippen molar-refractivity contribution in [3.8, 4) is 0 Å². The lowest BCUT2D eigenvalue weighted by molar-refractivity contribution is 1.19. The van der Waals surface area contributed by atoms with Gasteiger partial charge in [0.05, 0.1) is 0 Å². The second-order valence-electron chi connectivity index (χ2n) is 1.54. The highest BCUT2D eigenvalue weighted by atomic mass is 15.2. The number of rotatable bonds is 2. The van der Waals surface area contributed by atoms with Gasteiger partial charge in [0, 0.05) is 6.20 Å². The van der Waals surface area contributed by atoms with E-state index in [0.29, 0.717) is 5.82 Å². The molecule has 10 heavy (non-hydrogen) atoms. The normalized spacial score (nSPS) is 11.6. The zero-order valence-electron chi connectivity index (χ0n) is 5.23. The Bertz CT molecular complexity index is 222. The van der Waals surface area contributed by atoms with Crippen LogP contribution in [0, 0.1) is 0 Å². The van der Waals surface area contributed by atoms with E-state index in [1.807, 2.05) is 6.07 Å². The molecule has 1 rings (SSSR count). The molecule has 0 saturated carbocycles. The van der Waals surface area contributed by atoms with Crippen LogP contribution in [0.3, 0.4) is 0 Å². The third-order valence-corrected chi connectivity index (χ3v) is 0.865. The number of aromatic amines is 1. The number of nitrogens with zero attached hydrogens (tertiary/aromatic N) is 3. The summed E-state index contributed by atoms with van der Waals surface area (Å²) in [5.74, 6) is 5.45. The molecule has 5 heteroatoms. The van der Waals surface area contributed by atoms with Crippen molar-refractivity contribution in [1.29, 1.82) is 0 Å². The lowest BCUT2D eigenvalue weighted by atomic mass is 10.6. The fraction of sp³-hybridized carbons (Fsp3) is 0. The highest BCUT2D eigenvalue weighted by Crippen LogP contribution is 2.05. The molecule has 0 saturated heterocycles. The summed E-state index contributed by atoms with van der Waals surface area (Å²) in [5.41, 5.74) is 0. The van der Waals surface area contributed by atoms with E-state index in [4.69, 9.17) is 5.84 Å². The van der Waals surface area contributed by atoms with Crippen LogP contribution < -0.4 is 5.84 Å². The Balaban J connectivity index is 2.55. The summed E-state index contributed by atoms with van der Waals surface area (Å²) in [6.45, 7) is 0. The number of nitrogens with one attached hydrogen (secondary N) is 1. The molecule has 5 nitrogen and oxygen atoms in total. The third kappa shape index (κ3) is 1.70. The van der Waals surface area contributed by atoms with Gasteiger partial charge < -0.3 is 10.8 Å². The van der Waals surface area contributed by atoms with Crippen molar-refractivity contribution in [3.05, 3.63) is 18.3 Å². The topological polar surface area (TPSA) is 78.9 Å². The van der Waals surface area contributed by atoms with E-state index >= 15 is 0 Å². The van der Waals surface area contributed by atoms with Crippen LogP contribution in [0.5, 0.6) is 0 Å². The van der Waals surface area contributed by atoms with Crippen molar-refractivity contribution >= 4 is 12.2 Å². The average Bonchev–Trinajstić information content (AvgIpc) is 2.41. The fourth-order valence-electron chi connectivity index (χ4n) is 0.501. The number of azo groups is 1. The van der Waals surface area contributed by atoms with Gasteiger partial charge in [-0.1, -0.05) is 0 Å². The van der Waals surface area contributed by atoms with Crippen LogP contribution in [0.25, 0.3) is 0 Å².